The molecule has 4 rings (SSSR count). The van der Waals surface area contributed by atoms with Crippen LogP contribution in [-0.4, -0.2) is 78.4 Å². The zero-order valence-electron chi connectivity index (χ0n) is 23.8. The summed E-state index contributed by atoms with van der Waals surface area (Å²) in [6.45, 7) is 6.91. The highest BCUT2D eigenvalue weighted by molar-refractivity contribution is 6.31. The number of ketones is 1. The molecule has 39 heavy (non-hydrogen) atoms. The summed E-state index contributed by atoms with van der Waals surface area (Å²) < 4.78 is 0. The summed E-state index contributed by atoms with van der Waals surface area (Å²) >= 11 is 0. The van der Waals surface area contributed by atoms with Crippen LogP contribution in [0.1, 0.15) is 43.9 Å². The number of carbonyl (C=O) groups excluding carboxylic acids is 2. The number of aliphatic hydroxyl groups is 2. The molecule has 1 fully saturated rings. The average molecular weight is 540 g/mol. The summed E-state index contributed by atoms with van der Waals surface area (Å²) in [4.78, 5) is 30.3. The van der Waals surface area contributed by atoms with Crippen LogP contribution in [0.3, 0.4) is 0 Å². The molecule has 0 spiro atoms. The van der Waals surface area contributed by atoms with Gasteiger partial charge in [0.1, 0.15) is 17.3 Å². The molecule has 10 heteroatoms. The number of allylic oxidation sites excluding steroid dienone is 1. The van der Waals surface area contributed by atoms with E-state index in [1.165, 1.54) is 0 Å². The van der Waals surface area contributed by atoms with E-state index in [1.54, 1.807) is 25.9 Å². The third kappa shape index (κ3) is 4.30. The number of anilines is 1. The quantitative estimate of drug-likeness (QED) is 0.308. The molecule has 212 valence electrons. The number of hydrogen-bond acceptors (Lipinski definition) is 9. The van der Waals surface area contributed by atoms with E-state index >= 15 is 0 Å². The number of nitrogens with one attached hydrogen (secondary N) is 2. The fourth-order valence-corrected chi connectivity index (χ4v) is 6.73. The highest BCUT2D eigenvalue weighted by atomic mass is 16.3. The number of fused-ring (bicyclic) bond motifs is 3. The molecule has 0 saturated heterocycles. The van der Waals surface area contributed by atoms with Crippen LogP contribution < -0.4 is 16.0 Å². The first-order valence-corrected chi connectivity index (χ1v) is 13.4. The Morgan fingerprint density at radius 1 is 1.23 bits per heavy atom. The molecule has 0 bridgehead atoms. The molecule has 3 aliphatic rings. The summed E-state index contributed by atoms with van der Waals surface area (Å²) in [5.41, 5.74) is 5.97. The molecule has 1 amide bonds. The number of aliphatic hydroxyl groups excluding tert-OH is 2. The molecule has 1 aromatic carbocycles. The Morgan fingerprint density at radius 2 is 1.87 bits per heavy atom. The lowest BCUT2D eigenvalue weighted by Gasteiger charge is -2.52. The minimum absolute atomic E-state index is 0.0735. The third-order valence-electron chi connectivity index (χ3n) is 8.65. The number of phenolic OH excluding ortho intramolecular Hbond substituents is 1. The largest absolute Gasteiger partial charge is 0.510 e. The molecule has 10 nitrogen and oxygen atoms in total. The number of nitrogens with two attached hydrogens (primary N) is 1. The number of Topliss-reactive ketones (excluding diaryl/α,β-unsaturated/α-hetero) is 1. The van der Waals surface area contributed by atoms with Gasteiger partial charge >= 0.3 is 0 Å². The zero-order valence-corrected chi connectivity index (χ0v) is 23.8. The molecule has 0 aliphatic heterocycles. The van der Waals surface area contributed by atoms with Gasteiger partial charge in [0.05, 0.1) is 28.3 Å². The summed E-state index contributed by atoms with van der Waals surface area (Å²) in [6.07, 6.45) is 0.780. The molecule has 0 aromatic heterocycles. The van der Waals surface area contributed by atoms with Gasteiger partial charge < -0.3 is 36.7 Å². The molecule has 0 radical (unpaired) electrons. The Hall–Kier alpha value is -3.37. The summed E-state index contributed by atoms with van der Waals surface area (Å²) in [7, 11) is 7.29. The van der Waals surface area contributed by atoms with Crippen LogP contribution in [0.15, 0.2) is 23.0 Å². The van der Waals surface area contributed by atoms with Crippen molar-refractivity contribution in [3.63, 3.8) is 0 Å². The van der Waals surface area contributed by atoms with E-state index in [9.17, 15) is 24.9 Å². The lowest BCUT2D eigenvalue weighted by Crippen LogP contribution is -2.61. The molecule has 0 heterocycles. The number of nitrogens with zero attached hydrogens (tertiary/aromatic N) is 2. The molecule has 1 saturated carbocycles. The first-order chi connectivity index (χ1) is 18.1. The fraction of sp³-hybridized carbons (Fsp3) is 0.552. The lowest BCUT2D eigenvalue weighted by atomic mass is 9.52. The van der Waals surface area contributed by atoms with E-state index < -0.39 is 35.0 Å². The van der Waals surface area contributed by atoms with Crippen molar-refractivity contribution >= 4 is 28.8 Å². The number of aromatic hydroxyl groups is 1. The maximum atomic E-state index is 14.3. The second kappa shape index (κ2) is 9.98. The van der Waals surface area contributed by atoms with Crippen molar-refractivity contribution in [2.75, 3.05) is 39.6 Å². The van der Waals surface area contributed by atoms with Crippen molar-refractivity contribution < 1.29 is 24.9 Å². The second-order valence-electron chi connectivity index (χ2n) is 12.1. The molecule has 1 aromatic rings. The van der Waals surface area contributed by atoms with Crippen LogP contribution in [0.4, 0.5) is 5.69 Å². The summed E-state index contributed by atoms with van der Waals surface area (Å²) in [5, 5.41) is 46.3. The number of carbonyl (C=O) groups is 2. The van der Waals surface area contributed by atoms with Crippen molar-refractivity contribution in [3.8, 4) is 5.75 Å². The zero-order chi connectivity index (χ0) is 29.1. The Bertz CT molecular complexity index is 1310. The predicted molar refractivity (Wildman–Crippen MR) is 151 cm³/mol. The minimum Gasteiger partial charge on any atom is -0.510 e. The smallest absolute Gasteiger partial charge is 0.254 e. The van der Waals surface area contributed by atoms with E-state index in [1.807, 2.05) is 25.1 Å². The summed E-state index contributed by atoms with van der Waals surface area (Å²) in [5.74, 6) is -2.63. The number of benzene rings is 1. The van der Waals surface area contributed by atoms with Gasteiger partial charge in [0.25, 0.3) is 5.91 Å². The number of rotatable bonds is 7. The lowest BCUT2D eigenvalue weighted by molar-refractivity contribution is -0.128. The fourth-order valence-electron chi connectivity index (χ4n) is 6.73. The number of likely N-dealkylation sites (N-methyl/N-ethyl adjacent to an activating group) is 1. The number of hydrogen-bond donors (Lipinski definition) is 6. The normalized spacial score (nSPS) is 26.6. The van der Waals surface area contributed by atoms with Crippen LogP contribution >= 0.6 is 0 Å². The van der Waals surface area contributed by atoms with Gasteiger partial charge in [-0.05, 0) is 63.9 Å². The molecule has 2 unspecified atom stereocenters. The van der Waals surface area contributed by atoms with Gasteiger partial charge in [0, 0.05) is 43.4 Å². The third-order valence-corrected chi connectivity index (χ3v) is 8.65. The van der Waals surface area contributed by atoms with Crippen LogP contribution in [0.25, 0.3) is 5.76 Å². The Morgan fingerprint density at radius 3 is 2.41 bits per heavy atom. The van der Waals surface area contributed by atoms with Gasteiger partial charge in [0.2, 0.25) is 0 Å². The Balaban J connectivity index is 1.91. The van der Waals surface area contributed by atoms with Crippen LogP contribution in [0, 0.1) is 28.6 Å². The van der Waals surface area contributed by atoms with E-state index in [2.05, 4.69) is 19.2 Å². The molecule has 3 aliphatic carbocycles. The second-order valence-corrected chi connectivity index (χ2v) is 12.1. The maximum Gasteiger partial charge on any atom is 0.254 e. The van der Waals surface area contributed by atoms with Crippen molar-refractivity contribution in [1.82, 2.24) is 10.2 Å². The number of amides is 1. The van der Waals surface area contributed by atoms with Gasteiger partial charge in [-0.25, -0.2) is 0 Å². The predicted octanol–water partition coefficient (Wildman–Crippen LogP) is 2.50. The van der Waals surface area contributed by atoms with E-state index in [0.717, 1.165) is 17.8 Å². The standard InChI is InChI=1S/C29H41N5O5/c1-13(2)11-32-12-15-10-18(33(4)5)16-8-14-9-17-22(34(6)7)25(37)21(28(31)39)26(30)29(17,3)27(38)19(14)24(36)20(16)23(15)35/h10,13-14,17,22,30,32,35-37H,8-9,11-12H2,1-7H3,(H2,31,39)/t14?,17-,22?,29-/m0/s1. The monoisotopic (exact) mass is 539 g/mol. The van der Waals surface area contributed by atoms with Gasteiger partial charge in [-0.2, -0.15) is 0 Å². The first kappa shape index (κ1) is 28.6. The first-order valence-electron chi connectivity index (χ1n) is 13.4. The van der Waals surface area contributed by atoms with Gasteiger partial charge in [-0.15, -0.1) is 0 Å². The van der Waals surface area contributed by atoms with Gasteiger partial charge in [-0.3, -0.25) is 14.5 Å². The van der Waals surface area contributed by atoms with Crippen LogP contribution in [0.5, 0.6) is 5.75 Å². The minimum atomic E-state index is -1.50. The molecular weight excluding hydrogens is 498 g/mol. The van der Waals surface area contributed by atoms with Gasteiger partial charge in [-0.1, -0.05) is 13.8 Å². The maximum absolute atomic E-state index is 14.3. The van der Waals surface area contributed by atoms with Crippen LogP contribution in [0.2, 0.25) is 0 Å². The van der Waals surface area contributed by atoms with Crippen molar-refractivity contribution in [3.05, 3.63) is 39.7 Å². The highest BCUT2D eigenvalue weighted by Gasteiger charge is 2.61. The Labute approximate surface area is 229 Å². The summed E-state index contributed by atoms with van der Waals surface area (Å²) in [6, 6.07) is 1.21. The molecular formula is C29H41N5O5. The van der Waals surface area contributed by atoms with E-state index in [4.69, 9.17) is 11.1 Å². The average Bonchev–Trinajstić information content (AvgIpc) is 2.81. The molecule has 7 N–H and O–H groups in total. The van der Waals surface area contributed by atoms with E-state index in [0.29, 0.717) is 30.9 Å². The van der Waals surface area contributed by atoms with Crippen LogP contribution in [-0.2, 0) is 22.6 Å². The number of primary amides is 1. The molecule has 4 atom stereocenters. The topological polar surface area (TPSA) is 163 Å². The van der Waals surface area contributed by atoms with E-state index in [-0.39, 0.29) is 39.7 Å². The number of phenols is 1. The van der Waals surface area contributed by atoms with Crippen molar-refractivity contribution in [2.45, 2.75) is 46.2 Å². The van der Waals surface area contributed by atoms with Crippen molar-refractivity contribution in [1.29, 1.82) is 5.41 Å². The SMILES string of the molecule is CC(C)CNCc1cc(N(C)C)c2c(c1O)C(O)=C1C(=O)[C@]3(C)C(=N)C(C(N)=O)=C(O)C(N(C)C)[C@@H]3CC1C2. The highest BCUT2D eigenvalue weighted by Crippen LogP contribution is 2.56. The van der Waals surface area contributed by atoms with Gasteiger partial charge in [0.15, 0.2) is 5.78 Å². The van der Waals surface area contributed by atoms with Crippen molar-refractivity contribution in [2.24, 2.45) is 28.9 Å². The Kier molecular flexibility index (Phi) is 7.33.